The molecule has 0 saturated carbocycles. The van der Waals surface area contributed by atoms with Crippen molar-refractivity contribution in [3.63, 3.8) is 0 Å². The maximum absolute atomic E-state index is 2.44. The third-order valence-electron chi connectivity index (χ3n) is 14.8. The Hall–Kier alpha value is -9.30. The van der Waals surface area contributed by atoms with Gasteiger partial charge in [0, 0.05) is 5.69 Å². The topological polar surface area (TPSA) is 4.93 Å². The molecule has 1 nitrogen and oxygen atoms in total. The van der Waals surface area contributed by atoms with E-state index in [1.54, 1.807) is 0 Å². The normalized spacial score (nSPS) is 11.7. The SMILES string of the molecule is c1ccc(-c2ccc(-c3ccccc3)n2-c2ccc3c(-c4ccc(-c5cc6ccccc6c6ccccc56)cc4)c4ccccc4c(-c4ccc(-c5cc6ccccc6c6ccccc56)cc4)c3c2)cc1. The molecular formula is C70H45N. The third-order valence-corrected chi connectivity index (χ3v) is 14.8. The summed E-state index contributed by atoms with van der Waals surface area (Å²) in [6.07, 6.45) is 0. The predicted molar refractivity (Wildman–Crippen MR) is 303 cm³/mol. The van der Waals surface area contributed by atoms with Gasteiger partial charge in [-0.2, -0.15) is 0 Å². The molecule has 0 aliphatic carbocycles. The highest BCUT2D eigenvalue weighted by atomic mass is 15.0. The van der Waals surface area contributed by atoms with Crippen molar-refractivity contribution in [2.45, 2.75) is 0 Å². The smallest absolute Gasteiger partial charge is 0.0535 e. The number of aromatic nitrogens is 1. The average molecular weight is 900 g/mol. The molecule has 0 fully saturated rings. The molecular weight excluding hydrogens is 855 g/mol. The van der Waals surface area contributed by atoms with E-state index in [-0.39, 0.29) is 0 Å². The van der Waals surface area contributed by atoms with E-state index in [4.69, 9.17) is 0 Å². The highest BCUT2D eigenvalue weighted by Gasteiger charge is 2.21. The molecule has 0 aliphatic heterocycles. The molecule has 13 aromatic carbocycles. The van der Waals surface area contributed by atoms with Gasteiger partial charge in [0.1, 0.15) is 0 Å². The molecule has 330 valence electrons. The van der Waals surface area contributed by atoms with Crippen LogP contribution in [0.3, 0.4) is 0 Å². The molecule has 0 spiro atoms. The van der Waals surface area contributed by atoms with E-state index in [0.29, 0.717) is 0 Å². The fourth-order valence-electron chi connectivity index (χ4n) is 11.5. The Morgan fingerprint density at radius 2 is 0.549 bits per heavy atom. The summed E-state index contributed by atoms with van der Waals surface area (Å²) in [5.41, 5.74) is 15.5. The predicted octanol–water partition coefficient (Wildman–Crippen LogP) is 19.4. The molecule has 0 aliphatic rings. The van der Waals surface area contributed by atoms with Crippen molar-refractivity contribution in [2.75, 3.05) is 0 Å². The summed E-state index contributed by atoms with van der Waals surface area (Å²) in [7, 11) is 0. The average Bonchev–Trinajstić information content (AvgIpc) is 3.90. The third kappa shape index (κ3) is 6.78. The summed E-state index contributed by atoms with van der Waals surface area (Å²) in [6.45, 7) is 0. The summed E-state index contributed by atoms with van der Waals surface area (Å²) in [5, 5.41) is 15.0. The number of nitrogens with zero attached hydrogens (tertiary/aromatic N) is 1. The largest absolute Gasteiger partial charge is 0.309 e. The summed E-state index contributed by atoms with van der Waals surface area (Å²) < 4.78 is 2.44. The van der Waals surface area contributed by atoms with Gasteiger partial charge in [0.05, 0.1) is 11.4 Å². The van der Waals surface area contributed by atoms with Crippen molar-refractivity contribution in [1.82, 2.24) is 4.57 Å². The van der Waals surface area contributed by atoms with Crippen LogP contribution in [-0.2, 0) is 0 Å². The van der Waals surface area contributed by atoms with Gasteiger partial charge in [-0.25, -0.2) is 0 Å². The number of benzene rings is 13. The lowest BCUT2D eigenvalue weighted by molar-refractivity contribution is 1.10. The van der Waals surface area contributed by atoms with E-state index >= 15 is 0 Å². The van der Waals surface area contributed by atoms with Crippen LogP contribution in [0.15, 0.2) is 273 Å². The number of hydrogen-bond acceptors (Lipinski definition) is 0. The first-order valence-corrected chi connectivity index (χ1v) is 24.6. The van der Waals surface area contributed by atoms with E-state index in [9.17, 15) is 0 Å². The summed E-state index contributed by atoms with van der Waals surface area (Å²) >= 11 is 0. The van der Waals surface area contributed by atoms with Gasteiger partial charge in [-0.1, -0.05) is 237 Å². The lowest BCUT2D eigenvalue weighted by Crippen LogP contribution is -2.00. The van der Waals surface area contributed by atoms with Gasteiger partial charge in [-0.05, 0) is 157 Å². The molecule has 0 unspecified atom stereocenters. The molecule has 0 amide bonds. The Bertz CT molecular complexity index is 4290. The van der Waals surface area contributed by atoms with Crippen LogP contribution in [0.2, 0.25) is 0 Å². The first-order chi connectivity index (χ1) is 35.2. The van der Waals surface area contributed by atoms with Crippen LogP contribution in [0.1, 0.15) is 0 Å². The highest BCUT2D eigenvalue weighted by molar-refractivity contribution is 6.22. The minimum absolute atomic E-state index is 1.11. The summed E-state index contributed by atoms with van der Waals surface area (Å²) in [5.74, 6) is 0. The molecule has 0 radical (unpaired) electrons. The zero-order valence-electron chi connectivity index (χ0n) is 38.9. The van der Waals surface area contributed by atoms with Crippen molar-refractivity contribution in [3.05, 3.63) is 273 Å². The van der Waals surface area contributed by atoms with Crippen LogP contribution < -0.4 is 0 Å². The van der Waals surface area contributed by atoms with Crippen molar-refractivity contribution in [2.24, 2.45) is 0 Å². The van der Waals surface area contributed by atoms with Crippen LogP contribution >= 0.6 is 0 Å². The Labute approximate surface area is 412 Å². The molecule has 71 heavy (non-hydrogen) atoms. The van der Waals surface area contributed by atoms with Crippen molar-refractivity contribution in [3.8, 4) is 72.7 Å². The maximum atomic E-state index is 2.44. The van der Waals surface area contributed by atoms with Gasteiger partial charge < -0.3 is 4.57 Å². The van der Waals surface area contributed by atoms with Gasteiger partial charge in [0.2, 0.25) is 0 Å². The zero-order chi connectivity index (χ0) is 46.8. The molecule has 0 N–H and O–H groups in total. The van der Waals surface area contributed by atoms with Crippen LogP contribution in [0.5, 0.6) is 0 Å². The fraction of sp³-hybridized carbons (Fsp3) is 0. The molecule has 1 aromatic heterocycles. The molecule has 1 heteroatoms. The van der Waals surface area contributed by atoms with Gasteiger partial charge in [0.25, 0.3) is 0 Å². The molecule has 14 rings (SSSR count). The lowest BCUT2D eigenvalue weighted by Gasteiger charge is -2.21. The van der Waals surface area contributed by atoms with E-state index in [0.717, 1.165) is 17.1 Å². The van der Waals surface area contributed by atoms with Crippen LogP contribution in [0, 0.1) is 0 Å². The van der Waals surface area contributed by atoms with Crippen molar-refractivity contribution >= 4 is 64.6 Å². The van der Waals surface area contributed by atoms with Crippen LogP contribution in [0.4, 0.5) is 0 Å². The summed E-state index contributed by atoms with van der Waals surface area (Å²) in [6, 6.07) is 101. The molecule has 1 heterocycles. The second-order valence-electron chi connectivity index (χ2n) is 18.7. The first-order valence-electron chi connectivity index (χ1n) is 24.6. The van der Waals surface area contributed by atoms with Crippen molar-refractivity contribution in [1.29, 1.82) is 0 Å². The van der Waals surface area contributed by atoms with E-state index < -0.39 is 0 Å². The first kappa shape index (κ1) is 40.7. The quantitative estimate of drug-likeness (QED) is 0.111. The Morgan fingerprint density at radius 1 is 0.197 bits per heavy atom. The van der Waals surface area contributed by atoms with Gasteiger partial charge in [0.15, 0.2) is 0 Å². The summed E-state index contributed by atoms with van der Waals surface area (Å²) in [4.78, 5) is 0. The van der Waals surface area contributed by atoms with E-state index in [1.165, 1.54) is 120 Å². The lowest BCUT2D eigenvalue weighted by atomic mass is 9.84. The molecule has 14 aromatic rings. The maximum Gasteiger partial charge on any atom is 0.0535 e. The number of fused-ring (bicyclic) bond motifs is 8. The highest BCUT2D eigenvalue weighted by Crippen LogP contribution is 2.47. The van der Waals surface area contributed by atoms with E-state index in [2.05, 4.69) is 278 Å². The van der Waals surface area contributed by atoms with E-state index in [1.807, 2.05) is 0 Å². The van der Waals surface area contributed by atoms with Gasteiger partial charge in [-0.15, -0.1) is 0 Å². The van der Waals surface area contributed by atoms with Crippen LogP contribution in [-0.4, -0.2) is 4.57 Å². The monoisotopic (exact) mass is 899 g/mol. The Balaban J connectivity index is 0.999. The van der Waals surface area contributed by atoms with Gasteiger partial charge >= 0.3 is 0 Å². The second-order valence-corrected chi connectivity index (χ2v) is 18.7. The minimum Gasteiger partial charge on any atom is -0.309 e. The number of hydrogen-bond donors (Lipinski definition) is 0. The second kappa shape index (κ2) is 16.7. The molecule has 0 saturated heterocycles. The molecule has 0 atom stereocenters. The van der Waals surface area contributed by atoms with Crippen LogP contribution in [0.25, 0.3) is 137 Å². The molecule has 0 bridgehead atoms. The van der Waals surface area contributed by atoms with Gasteiger partial charge in [-0.3, -0.25) is 0 Å². The number of rotatable bonds is 7. The fourth-order valence-corrected chi connectivity index (χ4v) is 11.5. The zero-order valence-corrected chi connectivity index (χ0v) is 38.9. The Morgan fingerprint density at radius 3 is 1.01 bits per heavy atom. The standard InChI is InChI=1S/C70H45N/c1-3-17-48(18-4-1)67-41-42-68(49-19-5-2-6-20-49)71(67)54-39-40-63-66(45-54)70(51-37-33-47(34-38-51)65-44-53-22-8-10-24-56(53)58-26-12-14-28-60(58)65)62-30-16-15-29-61(62)69(63)50-35-31-46(32-36-50)64-43-52-21-7-9-23-55(52)57-25-11-13-27-59(57)64/h1-45H. The van der Waals surface area contributed by atoms with Crippen molar-refractivity contribution < 1.29 is 0 Å². The minimum atomic E-state index is 1.11. The Kier molecular flexibility index (Phi) is 9.60.